The molecule has 7 heteroatoms. The number of benzene rings is 2. The van der Waals surface area contributed by atoms with E-state index in [4.69, 9.17) is 16.0 Å². The molecule has 132 valence electrons. The number of halogens is 1. The molecule has 0 radical (unpaired) electrons. The summed E-state index contributed by atoms with van der Waals surface area (Å²) >= 11 is 6.08. The number of anilines is 3. The number of rotatable bonds is 2. The van der Waals surface area contributed by atoms with Gasteiger partial charge < -0.3 is 15.1 Å². The predicted octanol–water partition coefficient (Wildman–Crippen LogP) is 4.78. The minimum atomic E-state index is -0.121. The molecule has 2 aromatic carbocycles. The third-order valence-electron chi connectivity index (χ3n) is 4.44. The average molecular weight is 377 g/mol. The summed E-state index contributed by atoms with van der Waals surface area (Å²) in [5.74, 6) is 0.319. The van der Waals surface area contributed by atoms with Crippen LogP contribution in [0.25, 0.3) is 22.2 Å². The molecule has 3 heterocycles. The molecule has 0 bridgehead atoms. The average Bonchev–Trinajstić information content (AvgIpc) is 3.06. The van der Waals surface area contributed by atoms with Crippen LogP contribution in [-0.4, -0.2) is 15.9 Å². The topological polar surface area (TPSA) is 80.1 Å². The van der Waals surface area contributed by atoms with Crippen LogP contribution in [0.3, 0.4) is 0 Å². The van der Waals surface area contributed by atoms with Crippen LogP contribution in [-0.2, 0) is 11.2 Å². The summed E-state index contributed by atoms with van der Waals surface area (Å²) in [4.78, 5) is 21.2. The lowest BCUT2D eigenvalue weighted by Gasteiger charge is -2.10. The molecule has 6 nitrogen and oxygen atoms in total. The zero-order valence-corrected chi connectivity index (χ0v) is 14.7. The van der Waals surface area contributed by atoms with E-state index < -0.39 is 0 Å². The molecule has 2 aromatic heterocycles. The Morgan fingerprint density at radius 2 is 2.07 bits per heavy atom. The van der Waals surface area contributed by atoms with Crippen LogP contribution in [0, 0.1) is 0 Å². The molecule has 0 aliphatic carbocycles. The molecular formula is C20H13ClN4O2. The second kappa shape index (κ2) is 6.10. The van der Waals surface area contributed by atoms with E-state index in [1.165, 1.54) is 0 Å². The third kappa shape index (κ3) is 2.90. The number of carbonyl (C=O) groups excluding carboxylic acids is 1. The summed E-state index contributed by atoms with van der Waals surface area (Å²) in [6.45, 7) is 0. The van der Waals surface area contributed by atoms with Crippen molar-refractivity contribution in [1.82, 2.24) is 9.97 Å². The highest BCUT2D eigenvalue weighted by molar-refractivity contribution is 6.31. The summed E-state index contributed by atoms with van der Waals surface area (Å²) in [5, 5.41) is 7.65. The Kier molecular flexibility index (Phi) is 3.58. The number of nitrogens with one attached hydrogen (secondary N) is 2. The highest BCUT2D eigenvalue weighted by Gasteiger charge is 2.21. The van der Waals surface area contributed by atoms with Gasteiger partial charge in [-0.05, 0) is 36.4 Å². The highest BCUT2D eigenvalue weighted by Crippen LogP contribution is 2.35. The molecule has 4 aromatic rings. The number of hydrogen-bond donors (Lipinski definition) is 2. The molecule has 0 atom stereocenters. The van der Waals surface area contributed by atoms with Gasteiger partial charge in [-0.3, -0.25) is 4.79 Å². The molecule has 0 saturated carbocycles. The van der Waals surface area contributed by atoms with Gasteiger partial charge in [-0.1, -0.05) is 11.6 Å². The number of hydrogen-bond acceptors (Lipinski definition) is 5. The lowest BCUT2D eigenvalue weighted by Crippen LogP contribution is -2.12. The minimum Gasteiger partial charge on any atom is -0.464 e. The van der Waals surface area contributed by atoms with E-state index >= 15 is 0 Å². The molecule has 0 spiro atoms. The van der Waals surface area contributed by atoms with Crippen LogP contribution in [0.4, 0.5) is 17.3 Å². The first-order valence-electron chi connectivity index (χ1n) is 8.36. The third-order valence-corrected chi connectivity index (χ3v) is 4.67. The van der Waals surface area contributed by atoms with E-state index in [0.717, 1.165) is 27.8 Å². The van der Waals surface area contributed by atoms with Crippen LogP contribution in [0.15, 0.2) is 59.3 Å². The number of carbonyl (C=O) groups is 1. The molecule has 2 N–H and O–H groups in total. The van der Waals surface area contributed by atoms with Crippen LogP contribution in [0.1, 0.15) is 5.56 Å². The van der Waals surface area contributed by atoms with Gasteiger partial charge in [0.2, 0.25) is 11.9 Å². The van der Waals surface area contributed by atoms with Crippen molar-refractivity contribution in [3.05, 3.63) is 65.5 Å². The maximum atomic E-state index is 12.2. The first kappa shape index (κ1) is 15.8. The Morgan fingerprint density at radius 1 is 1.15 bits per heavy atom. The van der Waals surface area contributed by atoms with Gasteiger partial charge in [-0.25, -0.2) is 9.97 Å². The van der Waals surface area contributed by atoms with Gasteiger partial charge in [0.25, 0.3) is 0 Å². The van der Waals surface area contributed by atoms with Crippen molar-refractivity contribution in [2.45, 2.75) is 6.42 Å². The SMILES string of the molecule is O=C1Cc2cnc(Nc3ccc4ccoc4c3)nc2-c2ccc(Cl)cc2N1. The van der Waals surface area contributed by atoms with Crippen LogP contribution in [0.2, 0.25) is 5.02 Å². The first-order chi connectivity index (χ1) is 13.2. The van der Waals surface area contributed by atoms with Crippen LogP contribution < -0.4 is 10.6 Å². The molecule has 1 aliphatic heterocycles. The highest BCUT2D eigenvalue weighted by atomic mass is 35.5. The fraction of sp³-hybridized carbons (Fsp3) is 0.0500. The molecule has 27 heavy (non-hydrogen) atoms. The zero-order valence-electron chi connectivity index (χ0n) is 14.0. The number of nitrogens with zero attached hydrogens (tertiary/aromatic N) is 2. The lowest BCUT2D eigenvalue weighted by molar-refractivity contribution is -0.115. The van der Waals surface area contributed by atoms with Crippen molar-refractivity contribution in [2.24, 2.45) is 0 Å². The Hall–Kier alpha value is -3.38. The van der Waals surface area contributed by atoms with Crippen molar-refractivity contribution in [3.8, 4) is 11.3 Å². The van der Waals surface area contributed by atoms with E-state index in [-0.39, 0.29) is 12.3 Å². The van der Waals surface area contributed by atoms with Crippen molar-refractivity contribution < 1.29 is 9.21 Å². The summed E-state index contributed by atoms with van der Waals surface area (Å²) in [6, 6.07) is 13.1. The van der Waals surface area contributed by atoms with Crippen LogP contribution >= 0.6 is 11.6 Å². The molecular weight excluding hydrogens is 364 g/mol. The maximum Gasteiger partial charge on any atom is 0.228 e. The first-order valence-corrected chi connectivity index (χ1v) is 8.73. The van der Waals surface area contributed by atoms with E-state index in [2.05, 4.69) is 20.6 Å². The summed E-state index contributed by atoms with van der Waals surface area (Å²) < 4.78 is 5.43. The standard InChI is InChI=1S/C20H13ClN4O2/c21-13-2-4-15-16(8-13)24-18(26)7-12-10-22-20(25-19(12)15)23-14-3-1-11-5-6-27-17(11)9-14/h1-6,8-10H,7H2,(H,24,26)(H,22,23,25). The van der Waals surface area contributed by atoms with Gasteiger partial charge in [0, 0.05) is 39.5 Å². The van der Waals surface area contributed by atoms with E-state index in [1.54, 1.807) is 24.6 Å². The smallest absolute Gasteiger partial charge is 0.228 e. The van der Waals surface area contributed by atoms with Crippen molar-refractivity contribution >= 4 is 45.8 Å². The van der Waals surface area contributed by atoms with E-state index in [0.29, 0.717) is 22.4 Å². The van der Waals surface area contributed by atoms with Gasteiger partial charge >= 0.3 is 0 Å². The fourth-order valence-electron chi connectivity index (χ4n) is 3.18. The second-order valence-electron chi connectivity index (χ2n) is 6.28. The predicted molar refractivity (Wildman–Crippen MR) is 104 cm³/mol. The Bertz CT molecular complexity index is 1200. The summed E-state index contributed by atoms with van der Waals surface area (Å²) in [5.41, 5.74) is 4.53. The Balaban J connectivity index is 1.57. The quantitative estimate of drug-likeness (QED) is 0.526. The molecule has 0 saturated heterocycles. The molecule has 1 aliphatic rings. The molecule has 1 amide bonds. The molecule has 0 unspecified atom stereocenters. The summed E-state index contributed by atoms with van der Waals surface area (Å²) in [7, 11) is 0. The van der Waals surface area contributed by atoms with Gasteiger partial charge in [0.1, 0.15) is 5.58 Å². The van der Waals surface area contributed by atoms with Gasteiger partial charge in [-0.15, -0.1) is 0 Å². The lowest BCUT2D eigenvalue weighted by atomic mass is 10.1. The van der Waals surface area contributed by atoms with Crippen molar-refractivity contribution in [1.29, 1.82) is 0 Å². The minimum absolute atomic E-state index is 0.121. The molecule has 0 fully saturated rings. The normalized spacial score (nSPS) is 12.9. The number of furan rings is 1. The fourth-order valence-corrected chi connectivity index (χ4v) is 3.36. The Labute approximate surface area is 159 Å². The summed E-state index contributed by atoms with van der Waals surface area (Å²) in [6.07, 6.45) is 3.54. The number of fused-ring (bicyclic) bond motifs is 4. The van der Waals surface area contributed by atoms with Crippen molar-refractivity contribution in [2.75, 3.05) is 10.6 Å². The van der Waals surface area contributed by atoms with Crippen molar-refractivity contribution in [3.63, 3.8) is 0 Å². The van der Waals surface area contributed by atoms with Crippen LogP contribution in [0.5, 0.6) is 0 Å². The van der Waals surface area contributed by atoms with E-state index in [1.807, 2.05) is 30.3 Å². The number of aromatic nitrogens is 2. The van der Waals surface area contributed by atoms with Gasteiger partial charge in [-0.2, -0.15) is 0 Å². The largest absolute Gasteiger partial charge is 0.464 e. The monoisotopic (exact) mass is 376 g/mol. The maximum absolute atomic E-state index is 12.2. The van der Waals surface area contributed by atoms with E-state index in [9.17, 15) is 4.79 Å². The molecule has 5 rings (SSSR count). The Morgan fingerprint density at radius 3 is 3.00 bits per heavy atom. The van der Waals surface area contributed by atoms with Gasteiger partial charge in [0.05, 0.1) is 24.1 Å². The number of amides is 1. The van der Waals surface area contributed by atoms with Gasteiger partial charge in [0.15, 0.2) is 0 Å². The second-order valence-corrected chi connectivity index (χ2v) is 6.72. The zero-order chi connectivity index (χ0) is 18.4.